The van der Waals surface area contributed by atoms with E-state index in [-0.39, 0.29) is 84.3 Å². The number of amides is 6. The maximum atomic E-state index is 14.1. The van der Waals surface area contributed by atoms with Crippen LogP contribution in [0.15, 0.2) is 76.9 Å². The second kappa shape index (κ2) is 20.9. The van der Waals surface area contributed by atoms with Gasteiger partial charge in [-0.1, -0.05) is 44.6 Å². The number of imide groups is 1. The number of methoxy groups -OCH3 is 2. The minimum absolute atomic E-state index is 0.128. The molecule has 18 heteroatoms. The summed E-state index contributed by atoms with van der Waals surface area (Å²) in [6.45, 7) is 5.85. The highest BCUT2D eigenvalue weighted by Gasteiger charge is 2.42. The molecule has 64 heavy (non-hydrogen) atoms. The molecule has 1 aliphatic carbocycles. The lowest BCUT2D eigenvalue weighted by molar-refractivity contribution is -0.137. The Balaban J connectivity index is 1.10. The van der Waals surface area contributed by atoms with Gasteiger partial charge in [0.15, 0.2) is 6.10 Å². The van der Waals surface area contributed by atoms with Crippen LogP contribution in [-0.2, 0) is 54.3 Å². The van der Waals surface area contributed by atoms with Crippen LogP contribution in [0.5, 0.6) is 0 Å². The number of primary amides is 1. The number of unbranched alkanes of at least 4 members (excludes halogenated alkanes) is 2. The van der Waals surface area contributed by atoms with Crippen molar-refractivity contribution in [3.05, 3.63) is 88.0 Å². The molecule has 7 atom stereocenters. The summed E-state index contributed by atoms with van der Waals surface area (Å²) < 4.78 is 23.4. The number of ketones is 2. The van der Waals surface area contributed by atoms with Crippen molar-refractivity contribution < 1.29 is 57.3 Å². The molecule has 1 fully saturated rings. The zero-order valence-corrected chi connectivity index (χ0v) is 36.7. The van der Waals surface area contributed by atoms with E-state index in [2.05, 4.69) is 21.3 Å². The number of nitrogens with zero attached hydrogens (tertiary/aromatic N) is 1. The predicted molar refractivity (Wildman–Crippen MR) is 230 cm³/mol. The Morgan fingerprint density at radius 1 is 1.02 bits per heavy atom. The van der Waals surface area contributed by atoms with Crippen LogP contribution in [0, 0.1) is 11.8 Å². The van der Waals surface area contributed by atoms with Crippen LogP contribution in [0.1, 0.15) is 88.1 Å². The number of Topliss-reactive ketones (excluding diaryl/α,β-unsaturated/α-hetero) is 1. The van der Waals surface area contributed by atoms with Gasteiger partial charge in [0.1, 0.15) is 24.0 Å². The van der Waals surface area contributed by atoms with Gasteiger partial charge in [-0.25, -0.2) is 4.79 Å². The summed E-state index contributed by atoms with van der Waals surface area (Å²) in [5.74, 6) is -3.12. The third kappa shape index (κ3) is 10.8. The Labute approximate surface area is 371 Å². The van der Waals surface area contributed by atoms with Crippen LogP contribution in [0.25, 0.3) is 0 Å². The van der Waals surface area contributed by atoms with E-state index >= 15 is 0 Å². The molecule has 0 aromatic heterocycles. The minimum atomic E-state index is -1.03. The standard InChI is InChI=1S/C46H56N6O12/c1-24-19-28-39(48-18-8-6-7-15-37(54)49-30-13-10-12-27-29(30)23-52(45(27)59)32-16-17-38(55)51-44(32)58)33(53)22-31(40(28)56)50-43(57)25(2)11-9-14-34(61-4)42(64-46(47)60)36-21-26(3)41(63-36)35(20-24)62-5/h9-14,21-22,24,26,32,34-35,41-42,48H,6-8,15-20,23H2,1-5H3,(H2,47,60)(H,49,54)(H,50,57)(H,51,55,58)/b14-9-,25-11+/t24-,26+,32?,34+,35+,41+,42-/m1/s1. The van der Waals surface area contributed by atoms with Crippen molar-refractivity contribution >= 4 is 52.9 Å². The fraction of sp³-hybridized carbons (Fsp3) is 0.478. The van der Waals surface area contributed by atoms with Crippen molar-refractivity contribution in [2.24, 2.45) is 17.6 Å². The zero-order chi connectivity index (χ0) is 46.2. The number of benzene rings is 1. The lowest BCUT2D eigenvalue weighted by Crippen LogP contribution is -2.52. The number of carbonyl (C=O) groups excluding carboxylic acids is 8. The van der Waals surface area contributed by atoms with Crippen molar-refractivity contribution in [3.8, 4) is 0 Å². The predicted octanol–water partition coefficient (Wildman–Crippen LogP) is 3.29. The number of nitrogens with one attached hydrogen (secondary N) is 4. The number of ether oxygens (including phenoxy) is 4. The van der Waals surface area contributed by atoms with E-state index < -0.39 is 59.9 Å². The van der Waals surface area contributed by atoms with Gasteiger partial charge in [0.2, 0.25) is 29.3 Å². The van der Waals surface area contributed by atoms with Crippen molar-refractivity contribution in [2.45, 2.75) is 109 Å². The number of fused-ring (bicyclic) bond motifs is 5. The Kier molecular flexibility index (Phi) is 15.3. The number of hydrogen-bond donors (Lipinski definition) is 5. The van der Waals surface area contributed by atoms with Crippen LogP contribution in [0.3, 0.4) is 0 Å². The quantitative estimate of drug-likeness (QED) is 0.115. The van der Waals surface area contributed by atoms with E-state index in [1.807, 2.05) is 19.9 Å². The SMILES string of the molecule is CO[C@H]1/C=C\C=C(/C)C(=O)NC2=CC(=O)C(NCCCCCC(=O)Nc3cccc4c3CN(C3CCC(=O)NC3=O)C4=O)=C(C[C@@H](C)C[C@H](OC)[C@H]3OC(=C[C@@H]3C)[C@@H]1OC(N)=O)C2=O. The van der Waals surface area contributed by atoms with Gasteiger partial charge in [0.25, 0.3) is 11.8 Å². The van der Waals surface area contributed by atoms with Crippen LogP contribution in [-0.4, -0.2) is 103 Å². The van der Waals surface area contributed by atoms with Gasteiger partial charge in [0, 0.05) is 80.1 Å². The van der Waals surface area contributed by atoms with Gasteiger partial charge in [0.05, 0.1) is 17.5 Å². The molecular formula is C46H56N6O12. The monoisotopic (exact) mass is 884 g/mol. The molecule has 4 aliphatic heterocycles. The molecule has 4 bridgehead atoms. The smallest absolute Gasteiger partial charge is 0.405 e. The lowest BCUT2D eigenvalue weighted by Gasteiger charge is -2.30. The first-order valence-electron chi connectivity index (χ1n) is 21.5. The van der Waals surface area contributed by atoms with Gasteiger partial charge >= 0.3 is 6.09 Å². The maximum absolute atomic E-state index is 14.1. The molecule has 342 valence electrons. The van der Waals surface area contributed by atoms with E-state index in [1.54, 1.807) is 37.5 Å². The highest BCUT2D eigenvalue weighted by atomic mass is 16.6. The molecule has 5 aliphatic rings. The Bertz CT molecular complexity index is 2240. The summed E-state index contributed by atoms with van der Waals surface area (Å²) >= 11 is 0. The van der Waals surface area contributed by atoms with Gasteiger partial charge in [-0.3, -0.25) is 38.9 Å². The number of rotatable bonds is 12. The average Bonchev–Trinajstić information content (AvgIpc) is 3.80. The summed E-state index contributed by atoms with van der Waals surface area (Å²) in [7, 11) is 2.98. The fourth-order valence-electron chi connectivity index (χ4n) is 8.64. The molecule has 1 aromatic rings. The number of piperidine rings is 1. The summed E-state index contributed by atoms with van der Waals surface area (Å²) in [5.41, 5.74) is 7.33. The Morgan fingerprint density at radius 3 is 2.52 bits per heavy atom. The van der Waals surface area contributed by atoms with Gasteiger partial charge < -0.3 is 45.5 Å². The van der Waals surface area contributed by atoms with E-state index in [0.717, 1.165) is 6.08 Å². The number of hydrogen-bond acceptors (Lipinski definition) is 13. The van der Waals surface area contributed by atoms with Gasteiger partial charge in [-0.15, -0.1) is 0 Å². The highest BCUT2D eigenvalue weighted by Crippen LogP contribution is 2.36. The number of allylic oxidation sites excluding steroid dienone is 4. The van der Waals surface area contributed by atoms with Crippen molar-refractivity contribution in [2.75, 3.05) is 26.1 Å². The first-order valence-corrected chi connectivity index (χ1v) is 21.5. The highest BCUT2D eigenvalue weighted by molar-refractivity contribution is 6.23. The number of anilines is 1. The topological polar surface area (TPSA) is 251 Å². The largest absolute Gasteiger partial charge is 0.488 e. The minimum Gasteiger partial charge on any atom is -0.488 e. The Morgan fingerprint density at radius 2 is 1.80 bits per heavy atom. The molecular weight excluding hydrogens is 829 g/mol. The number of carbonyl (C=O) groups is 8. The van der Waals surface area contributed by atoms with Crippen LogP contribution >= 0.6 is 0 Å². The van der Waals surface area contributed by atoms with Crippen LogP contribution < -0.4 is 27.0 Å². The van der Waals surface area contributed by atoms with Crippen molar-refractivity contribution in [1.29, 1.82) is 0 Å². The number of nitrogens with two attached hydrogens (primary N) is 1. The van der Waals surface area contributed by atoms with Crippen LogP contribution in [0.2, 0.25) is 0 Å². The molecule has 6 N–H and O–H groups in total. The second-order valence-electron chi connectivity index (χ2n) is 16.7. The summed E-state index contributed by atoms with van der Waals surface area (Å²) in [5, 5.41) is 11.0. The van der Waals surface area contributed by atoms with Crippen molar-refractivity contribution in [3.63, 3.8) is 0 Å². The van der Waals surface area contributed by atoms with E-state index in [0.29, 0.717) is 54.8 Å². The molecule has 0 spiro atoms. The third-order valence-corrected chi connectivity index (χ3v) is 12.0. The third-order valence-electron chi connectivity index (χ3n) is 12.0. The molecule has 1 aromatic carbocycles. The first kappa shape index (κ1) is 47.1. The molecule has 18 nitrogen and oxygen atoms in total. The molecule has 0 saturated carbocycles. The lowest BCUT2D eigenvalue weighted by atomic mass is 9.85. The first-order chi connectivity index (χ1) is 30.6. The average molecular weight is 885 g/mol. The maximum Gasteiger partial charge on any atom is 0.405 e. The molecule has 1 saturated heterocycles. The molecule has 0 radical (unpaired) electrons. The molecule has 1 unspecified atom stereocenters. The van der Waals surface area contributed by atoms with E-state index in [4.69, 9.17) is 24.7 Å². The molecule has 6 amide bonds. The van der Waals surface area contributed by atoms with Crippen LogP contribution in [0.4, 0.5) is 10.5 Å². The van der Waals surface area contributed by atoms with Crippen molar-refractivity contribution in [1.82, 2.24) is 20.9 Å². The van der Waals surface area contributed by atoms with Gasteiger partial charge in [-0.2, -0.15) is 0 Å². The fourth-order valence-corrected chi connectivity index (χ4v) is 8.64. The van der Waals surface area contributed by atoms with E-state index in [1.165, 1.54) is 25.0 Å². The summed E-state index contributed by atoms with van der Waals surface area (Å²) in [4.78, 5) is 105. The summed E-state index contributed by atoms with van der Waals surface area (Å²) in [6, 6.07) is 4.25. The molecule has 6 rings (SSSR count). The summed E-state index contributed by atoms with van der Waals surface area (Å²) in [6.07, 6.45) is 6.47. The zero-order valence-electron chi connectivity index (χ0n) is 36.7. The normalized spacial score (nSPS) is 27.7. The molecule has 4 heterocycles. The van der Waals surface area contributed by atoms with Gasteiger partial charge in [-0.05, 0) is 63.2 Å². The van der Waals surface area contributed by atoms with E-state index in [9.17, 15) is 38.4 Å². The Hall–Kier alpha value is -6.40. The second-order valence-corrected chi connectivity index (χ2v) is 16.7.